The summed E-state index contributed by atoms with van der Waals surface area (Å²) in [6.07, 6.45) is -0.250. The largest absolute Gasteiger partial charge is 0.368 e. The molecule has 0 aliphatic heterocycles. The van der Waals surface area contributed by atoms with Crippen molar-refractivity contribution in [2.24, 2.45) is 11.7 Å². The first-order valence-corrected chi connectivity index (χ1v) is 6.24. The van der Waals surface area contributed by atoms with E-state index in [0.29, 0.717) is 6.07 Å². The van der Waals surface area contributed by atoms with Gasteiger partial charge in [-0.05, 0) is 23.6 Å². The van der Waals surface area contributed by atoms with Gasteiger partial charge in [-0.2, -0.15) is 5.26 Å². The van der Waals surface area contributed by atoms with Crippen molar-refractivity contribution in [1.29, 1.82) is 5.26 Å². The highest BCUT2D eigenvalue weighted by atomic mass is 19.1. The average Bonchev–Trinajstić information content (AvgIpc) is 2.34. The number of carbonyl (C=O) groups is 2. The lowest BCUT2D eigenvalue weighted by Gasteiger charge is -2.20. The average molecular weight is 295 g/mol. The Kier molecular flexibility index (Phi) is 5.79. The van der Waals surface area contributed by atoms with Crippen molar-refractivity contribution in [3.05, 3.63) is 35.4 Å². The zero-order valence-electron chi connectivity index (χ0n) is 11.4. The van der Waals surface area contributed by atoms with Crippen molar-refractivity contribution in [2.75, 3.05) is 0 Å². The van der Waals surface area contributed by atoms with E-state index in [1.807, 2.05) is 6.07 Å². The monoisotopic (exact) mass is 295 g/mol. The minimum absolute atomic E-state index is 0.0441. The maximum Gasteiger partial charge on any atom is 0.240 e. The Bertz CT molecular complexity index is 564. The molecule has 0 saturated heterocycles. The van der Waals surface area contributed by atoms with Crippen LogP contribution in [0.2, 0.25) is 0 Å². The van der Waals surface area contributed by atoms with Crippen LogP contribution in [0, 0.1) is 28.9 Å². The molecule has 0 bridgehead atoms. The Morgan fingerprint density at radius 2 is 1.90 bits per heavy atom. The lowest BCUT2D eigenvalue weighted by Crippen LogP contribution is -2.48. The number of primary amides is 1. The third-order valence-electron chi connectivity index (χ3n) is 2.89. The van der Waals surface area contributed by atoms with Crippen molar-refractivity contribution < 1.29 is 18.4 Å². The molecule has 5 nitrogen and oxygen atoms in total. The van der Waals surface area contributed by atoms with Crippen molar-refractivity contribution in [3.63, 3.8) is 0 Å². The normalized spacial score (nSPS) is 13.0. The van der Waals surface area contributed by atoms with Gasteiger partial charge in [0.1, 0.15) is 17.7 Å². The van der Waals surface area contributed by atoms with E-state index >= 15 is 0 Å². The van der Waals surface area contributed by atoms with E-state index in [0.717, 1.165) is 12.1 Å². The van der Waals surface area contributed by atoms with Gasteiger partial charge in [0.15, 0.2) is 0 Å². The minimum Gasteiger partial charge on any atom is -0.368 e. The molecule has 2 atom stereocenters. The number of benzene rings is 1. The summed E-state index contributed by atoms with van der Waals surface area (Å²) in [5.41, 5.74) is 5.31. The van der Waals surface area contributed by atoms with Gasteiger partial charge >= 0.3 is 0 Å². The lowest BCUT2D eigenvalue weighted by molar-refractivity contribution is -0.128. The molecule has 0 aliphatic carbocycles. The number of hydrogen-bond donors (Lipinski definition) is 2. The molecule has 0 heterocycles. The van der Waals surface area contributed by atoms with E-state index in [4.69, 9.17) is 11.0 Å². The van der Waals surface area contributed by atoms with E-state index in [9.17, 15) is 18.4 Å². The fraction of sp³-hybridized carbons (Fsp3) is 0.357. The SMILES string of the molecule is C[C@H](CC#N)[C@H](NC(=O)Cc1cc(F)cc(F)c1)C(N)=O. The highest BCUT2D eigenvalue weighted by molar-refractivity contribution is 5.87. The second-order valence-corrected chi connectivity index (χ2v) is 4.74. The molecule has 1 aromatic rings. The summed E-state index contributed by atoms with van der Waals surface area (Å²) >= 11 is 0. The summed E-state index contributed by atoms with van der Waals surface area (Å²) in [6, 6.07) is 3.63. The molecular formula is C14H15F2N3O2. The number of halogens is 2. The number of carbonyl (C=O) groups excluding carboxylic acids is 2. The molecule has 0 spiro atoms. The van der Waals surface area contributed by atoms with Crippen LogP contribution in [0.25, 0.3) is 0 Å². The Morgan fingerprint density at radius 3 is 2.38 bits per heavy atom. The first-order chi connectivity index (χ1) is 9.83. The Morgan fingerprint density at radius 1 is 1.33 bits per heavy atom. The lowest BCUT2D eigenvalue weighted by atomic mass is 9.98. The molecule has 0 saturated carbocycles. The van der Waals surface area contributed by atoms with Gasteiger partial charge in [0.2, 0.25) is 11.8 Å². The molecule has 3 N–H and O–H groups in total. The highest BCUT2D eigenvalue weighted by Gasteiger charge is 2.24. The maximum absolute atomic E-state index is 13.0. The van der Waals surface area contributed by atoms with Crippen molar-refractivity contribution in [2.45, 2.75) is 25.8 Å². The van der Waals surface area contributed by atoms with Gasteiger partial charge < -0.3 is 11.1 Å². The third kappa shape index (κ3) is 5.18. The molecule has 1 aromatic carbocycles. The van der Waals surface area contributed by atoms with Crippen LogP contribution >= 0.6 is 0 Å². The quantitative estimate of drug-likeness (QED) is 0.820. The smallest absolute Gasteiger partial charge is 0.240 e. The maximum atomic E-state index is 13.0. The molecule has 0 aromatic heterocycles. The van der Waals surface area contributed by atoms with Crippen LogP contribution in [0.15, 0.2) is 18.2 Å². The van der Waals surface area contributed by atoms with Crippen LogP contribution in [0.1, 0.15) is 18.9 Å². The number of amides is 2. The number of nitrogens with two attached hydrogens (primary N) is 1. The van der Waals surface area contributed by atoms with Crippen LogP contribution in [-0.4, -0.2) is 17.9 Å². The van der Waals surface area contributed by atoms with E-state index < -0.39 is 35.4 Å². The fourth-order valence-electron chi connectivity index (χ4n) is 1.88. The molecule has 0 aliphatic rings. The van der Waals surface area contributed by atoms with Crippen LogP contribution < -0.4 is 11.1 Å². The van der Waals surface area contributed by atoms with Gasteiger partial charge in [-0.25, -0.2) is 8.78 Å². The number of rotatable bonds is 6. The number of hydrogen-bond acceptors (Lipinski definition) is 3. The van der Waals surface area contributed by atoms with Crippen LogP contribution in [0.3, 0.4) is 0 Å². The third-order valence-corrected chi connectivity index (χ3v) is 2.89. The fourth-order valence-corrected chi connectivity index (χ4v) is 1.88. The Labute approximate surface area is 120 Å². The predicted octanol–water partition coefficient (Wildman–Crippen LogP) is 1.03. The van der Waals surface area contributed by atoms with Crippen LogP contribution in [0.5, 0.6) is 0 Å². The van der Waals surface area contributed by atoms with E-state index in [1.165, 1.54) is 0 Å². The van der Waals surface area contributed by atoms with Crippen molar-refractivity contribution >= 4 is 11.8 Å². The zero-order chi connectivity index (χ0) is 16.0. The second-order valence-electron chi connectivity index (χ2n) is 4.74. The molecular weight excluding hydrogens is 280 g/mol. The Balaban J connectivity index is 2.74. The molecule has 0 unspecified atom stereocenters. The topological polar surface area (TPSA) is 96.0 Å². The van der Waals surface area contributed by atoms with Gasteiger partial charge in [-0.3, -0.25) is 9.59 Å². The van der Waals surface area contributed by atoms with E-state index in [1.54, 1.807) is 6.92 Å². The highest BCUT2D eigenvalue weighted by Crippen LogP contribution is 2.10. The van der Waals surface area contributed by atoms with Crippen LogP contribution in [0.4, 0.5) is 8.78 Å². The molecule has 2 amide bonds. The number of nitriles is 1. The number of nitrogens with one attached hydrogen (secondary N) is 1. The van der Waals surface area contributed by atoms with Crippen molar-refractivity contribution in [1.82, 2.24) is 5.32 Å². The predicted molar refractivity (Wildman–Crippen MR) is 70.6 cm³/mol. The van der Waals surface area contributed by atoms with Crippen molar-refractivity contribution in [3.8, 4) is 6.07 Å². The summed E-state index contributed by atoms with van der Waals surface area (Å²) in [5.74, 6) is -3.41. The molecule has 1 rings (SSSR count). The van der Waals surface area contributed by atoms with E-state index in [2.05, 4.69) is 5.32 Å². The molecule has 0 fully saturated rings. The zero-order valence-corrected chi connectivity index (χ0v) is 11.4. The summed E-state index contributed by atoms with van der Waals surface area (Å²) in [6.45, 7) is 1.60. The van der Waals surface area contributed by atoms with Gasteiger partial charge in [-0.1, -0.05) is 6.92 Å². The van der Waals surface area contributed by atoms with Gasteiger partial charge in [0, 0.05) is 12.5 Å². The molecule has 7 heteroatoms. The van der Waals surface area contributed by atoms with Gasteiger partial charge in [0.25, 0.3) is 0 Å². The van der Waals surface area contributed by atoms with E-state index in [-0.39, 0.29) is 18.4 Å². The summed E-state index contributed by atoms with van der Waals surface area (Å²) in [7, 11) is 0. The van der Waals surface area contributed by atoms with Crippen LogP contribution in [-0.2, 0) is 16.0 Å². The van der Waals surface area contributed by atoms with Gasteiger partial charge in [0.05, 0.1) is 12.5 Å². The minimum atomic E-state index is -1.00. The summed E-state index contributed by atoms with van der Waals surface area (Å²) in [4.78, 5) is 23.1. The first kappa shape index (κ1) is 16.6. The molecule has 21 heavy (non-hydrogen) atoms. The molecule has 0 radical (unpaired) electrons. The summed E-state index contributed by atoms with van der Waals surface area (Å²) < 4.78 is 26.0. The Hall–Kier alpha value is -2.49. The second kappa shape index (κ2) is 7.33. The summed E-state index contributed by atoms with van der Waals surface area (Å²) in [5, 5.41) is 11.0. The molecule has 112 valence electrons. The first-order valence-electron chi connectivity index (χ1n) is 6.24. The number of nitrogens with zero attached hydrogens (tertiary/aromatic N) is 1. The van der Waals surface area contributed by atoms with Gasteiger partial charge in [-0.15, -0.1) is 0 Å². The standard InChI is InChI=1S/C14H15F2N3O2/c1-8(2-3-17)13(14(18)21)19-12(20)6-9-4-10(15)7-11(16)5-9/h4-5,7-8,13H,2,6H2,1H3,(H2,18,21)(H,19,20)/t8-,13+/m1/s1.